The van der Waals surface area contributed by atoms with E-state index in [0.29, 0.717) is 34.3 Å². The van der Waals surface area contributed by atoms with Gasteiger partial charge in [-0.15, -0.1) is 10.2 Å². The predicted molar refractivity (Wildman–Crippen MR) is 158 cm³/mol. The number of halogens is 1. The summed E-state index contributed by atoms with van der Waals surface area (Å²) in [5, 5.41) is 28.5. The van der Waals surface area contributed by atoms with Crippen molar-refractivity contribution in [3.05, 3.63) is 98.9 Å². The van der Waals surface area contributed by atoms with Gasteiger partial charge in [0.05, 0.1) is 6.42 Å². The lowest BCUT2D eigenvalue weighted by Crippen LogP contribution is -2.32. The Morgan fingerprint density at radius 3 is 2.62 bits per heavy atom. The molecule has 1 heterocycles. The fourth-order valence-corrected chi connectivity index (χ4v) is 4.77. The van der Waals surface area contributed by atoms with Gasteiger partial charge < -0.3 is 32.5 Å². The molecule has 212 valence electrons. The summed E-state index contributed by atoms with van der Waals surface area (Å²) in [6.45, 7) is 0.746. The van der Waals surface area contributed by atoms with Crippen LogP contribution in [0.3, 0.4) is 0 Å². The number of aromatic nitrogens is 2. The lowest BCUT2D eigenvalue weighted by Gasteiger charge is -2.12. The predicted octanol–water partition coefficient (Wildman–Crippen LogP) is 3.30. The Hall–Kier alpha value is -3.77. The van der Waals surface area contributed by atoms with Crippen molar-refractivity contribution in [3.8, 4) is 0 Å². The Balaban J connectivity index is 1.37. The molecule has 3 aromatic rings. The quantitative estimate of drug-likeness (QED) is 0.124. The minimum absolute atomic E-state index is 0.0585. The Kier molecular flexibility index (Phi) is 12.1. The van der Waals surface area contributed by atoms with E-state index in [-0.39, 0.29) is 18.1 Å². The van der Waals surface area contributed by atoms with Crippen LogP contribution < -0.4 is 27.4 Å². The van der Waals surface area contributed by atoms with Crippen molar-refractivity contribution in [1.29, 1.82) is 0 Å². The highest BCUT2D eigenvalue weighted by atomic mass is 35.5. The molecule has 0 saturated carbocycles. The number of allylic oxidation sites excluding steroid dienone is 3. The summed E-state index contributed by atoms with van der Waals surface area (Å²) in [6.07, 6.45) is 4.94. The maximum Gasteiger partial charge on any atom is 0.258 e. The number of amides is 2. The van der Waals surface area contributed by atoms with Crippen molar-refractivity contribution in [1.82, 2.24) is 20.8 Å². The number of aryl methyl sites for hydroxylation is 1. The highest BCUT2D eigenvalue weighted by molar-refractivity contribution is 7.15. The number of rotatable bonds is 14. The molecule has 0 aliphatic heterocycles. The van der Waals surface area contributed by atoms with E-state index in [0.717, 1.165) is 35.5 Å². The molecule has 3 rings (SSSR count). The molecule has 12 heteroatoms. The van der Waals surface area contributed by atoms with Crippen LogP contribution in [0.15, 0.2) is 72.2 Å². The Labute approximate surface area is 242 Å². The second-order valence-corrected chi connectivity index (χ2v) is 10.6. The van der Waals surface area contributed by atoms with Gasteiger partial charge in [0.1, 0.15) is 10.8 Å². The summed E-state index contributed by atoms with van der Waals surface area (Å²) in [5.41, 5.74) is 14.9. The first-order valence-electron chi connectivity index (χ1n) is 12.7. The summed E-state index contributed by atoms with van der Waals surface area (Å²) in [7, 11) is 1.88. The lowest BCUT2D eigenvalue weighted by atomic mass is 10.1. The largest absolute Gasteiger partial charge is 0.402 e. The summed E-state index contributed by atoms with van der Waals surface area (Å²) in [6, 6.07) is 14.3. The number of carbonyl (C=O) groups excluding carboxylic acids is 2. The summed E-state index contributed by atoms with van der Waals surface area (Å²) in [5.74, 6) is -0.748. The van der Waals surface area contributed by atoms with Gasteiger partial charge >= 0.3 is 0 Å². The van der Waals surface area contributed by atoms with Crippen molar-refractivity contribution in [2.45, 2.75) is 44.8 Å². The normalized spacial score (nSPS) is 12.7. The number of nitrogens with zero attached hydrogens (tertiary/aromatic N) is 2. The number of nitrogens with two attached hydrogens (primary N) is 2. The zero-order valence-corrected chi connectivity index (χ0v) is 23.8. The fraction of sp³-hybridized carbons (Fsp3) is 0.286. The molecule has 0 saturated heterocycles. The topological polar surface area (TPSA) is 168 Å². The van der Waals surface area contributed by atoms with Gasteiger partial charge in [0, 0.05) is 23.7 Å². The van der Waals surface area contributed by atoms with Gasteiger partial charge in [-0.05, 0) is 67.3 Å². The van der Waals surface area contributed by atoms with Crippen molar-refractivity contribution >= 4 is 39.9 Å². The zero-order chi connectivity index (χ0) is 28.9. The number of anilines is 1. The Morgan fingerprint density at radius 1 is 1.07 bits per heavy atom. The van der Waals surface area contributed by atoms with E-state index in [4.69, 9.17) is 23.1 Å². The highest BCUT2D eigenvalue weighted by Crippen LogP contribution is 2.19. The number of aliphatic hydroxyl groups excluding tert-OH is 1. The Bertz CT molecular complexity index is 1360. The number of nitrogens with one attached hydrogen (secondary N) is 3. The zero-order valence-electron chi connectivity index (χ0n) is 22.2. The van der Waals surface area contributed by atoms with Gasteiger partial charge in [0.2, 0.25) is 11.0 Å². The summed E-state index contributed by atoms with van der Waals surface area (Å²) in [4.78, 5) is 24.6. The van der Waals surface area contributed by atoms with Crippen molar-refractivity contribution in [2.24, 2.45) is 11.5 Å². The first-order valence-corrected chi connectivity index (χ1v) is 13.9. The van der Waals surface area contributed by atoms with Crippen molar-refractivity contribution in [2.75, 3.05) is 12.4 Å². The third kappa shape index (κ3) is 10.4. The number of benzene rings is 2. The fourth-order valence-electron chi connectivity index (χ4n) is 3.77. The molecule has 1 aromatic heterocycles. The Morgan fingerprint density at radius 2 is 1.85 bits per heavy atom. The average molecular weight is 584 g/mol. The van der Waals surface area contributed by atoms with E-state index in [1.54, 1.807) is 24.3 Å². The van der Waals surface area contributed by atoms with E-state index < -0.39 is 12.0 Å². The van der Waals surface area contributed by atoms with Gasteiger partial charge in [0.25, 0.3) is 5.91 Å². The smallest absolute Gasteiger partial charge is 0.258 e. The number of carbonyl (C=O) groups is 2. The molecule has 0 bridgehead atoms. The van der Waals surface area contributed by atoms with Crippen LogP contribution >= 0.6 is 22.9 Å². The van der Waals surface area contributed by atoms with Gasteiger partial charge in [-0.25, -0.2) is 0 Å². The van der Waals surface area contributed by atoms with E-state index in [2.05, 4.69) is 26.1 Å². The minimum Gasteiger partial charge on any atom is -0.402 e. The number of hydrogen-bond acceptors (Lipinski definition) is 9. The maximum atomic E-state index is 12.4. The van der Waals surface area contributed by atoms with Crippen LogP contribution in [-0.2, 0) is 29.0 Å². The molecule has 1 atom stereocenters. The standard InChI is InChI=1S/C28H34ClN7O3S/c1-32-17-19-7-4-6-18(14-19)15-24(37)34-28-36-35-25(40-28)11-3-2-10-22(30)12-13-23(31)33-27(39)26(38)20-8-5-9-21(29)16-20/h4-9,12-14,16,26,32,38H,2-3,10-11,15,17,30-31H2,1H3,(H,33,39)(H,34,36,37)/b22-12-,23-13+. The SMILES string of the molecule is CNCc1cccc(CC(=O)Nc2nnc(CCCC/C(N)=C/C=C(\N)NC(=O)C(O)c3cccc(Cl)c3)s2)c1. The molecule has 0 spiro atoms. The highest BCUT2D eigenvalue weighted by Gasteiger charge is 2.17. The first-order chi connectivity index (χ1) is 19.2. The lowest BCUT2D eigenvalue weighted by molar-refractivity contribution is -0.128. The van der Waals surface area contributed by atoms with Gasteiger partial charge in [-0.1, -0.05) is 59.3 Å². The molecule has 0 aliphatic carbocycles. The molecule has 8 N–H and O–H groups in total. The van der Waals surface area contributed by atoms with Gasteiger partial charge in [-0.3, -0.25) is 9.59 Å². The molecule has 0 radical (unpaired) electrons. The third-order valence-corrected chi connectivity index (χ3v) is 6.85. The van der Waals surface area contributed by atoms with Crippen LogP contribution in [0.1, 0.15) is 47.1 Å². The molecular formula is C28H34ClN7O3S. The monoisotopic (exact) mass is 583 g/mol. The van der Waals surface area contributed by atoms with Crippen LogP contribution in [0.25, 0.3) is 0 Å². The van der Waals surface area contributed by atoms with E-state index >= 15 is 0 Å². The van der Waals surface area contributed by atoms with E-state index in [9.17, 15) is 14.7 Å². The number of aliphatic hydroxyl groups is 1. The van der Waals surface area contributed by atoms with Crippen molar-refractivity contribution < 1.29 is 14.7 Å². The van der Waals surface area contributed by atoms with Gasteiger partial charge in [0.15, 0.2) is 6.10 Å². The van der Waals surface area contributed by atoms with Crippen molar-refractivity contribution in [3.63, 3.8) is 0 Å². The number of unbranched alkanes of at least 4 members (excludes halogenated alkanes) is 1. The first kappa shape index (κ1) is 30.8. The number of hydrogen-bond donors (Lipinski definition) is 6. The van der Waals surface area contributed by atoms with Crippen LogP contribution in [0, 0.1) is 0 Å². The molecule has 0 fully saturated rings. The second-order valence-electron chi connectivity index (χ2n) is 9.09. The van der Waals surface area contributed by atoms with Crippen LogP contribution in [0.5, 0.6) is 0 Å². The van der Waals surface area contributed by atoms with Crippen LogP contribution in [-0.4, -0.2) is 34.2 Å². The molecule has 0 aliphatic rings. The summed E-state index contributed by atoms with van der Waals surface area (Å²) < 4.78 is 0. The van der Waals surface area contributed by atoms with Crippen LogP contribution in [0.4, 0.5) is 5.13 Å². The minimum atomic E-state index is -1.40. The van der Waals surface area contributed by atoms with E-state index in [1.807, 2.05) is 31.3 Å². The van der Waals surface area contributed by atoms with Gasteiger partial charge in [-0.2, -0.15) is 0 Å². The second kappa shape index (κ2) is 15.7. The molecule has 2 aromatic carbocycles. The average Bonchev–Trinajstić information content (AvgIpc) is 3.36. The molecule has 40 heavy (non-hydrogen) atoms. The molecule has 1 unspecified atom stereocenters. The third-order valence-electron chi connectivity index (χ3n) is 5.71. The van der Waals surface area contributed by atoms with Crippen LogP contribution in [0.2, 0.25) is 5.02 Å². The van der Waals surface area contributed by atoms with E-state index in [1.165, 1.54) is 23.5 Å². The maximum absolute atomic E-state index is 12.4. The molecule has 2 amide bonds. The molecule has 10 nitrogen and oxygen atoms in total. The summed E-state index contributed by atoms with van der Waals surface area (Å²) >= 11 is 7.26. The molecular weight excluding hydrogens is 550 g/mol.